The third-order valence-electron chi connectivity index (χ3n) is 7.36. The topological polar surface area (TPSA) is 61.8 Å². The lowest BCUT2D eigenvalue weighted by molar-refractivity contribution is -0.137. The summed E-state index contributed by atoms with van der Waals surface area (Å²) in [6, 6.07) is 20.3. The molecule has 192 valence electrons. The predicted molar refractivity (Wildman–Crippen MR) is 147 cm³/mol. The molecule has 2 saturated heterocycles. The molecule has 2 aromatic carbocycles. The second-order valence-electron chi connectivity index (χ2n) is 9.69. The second kappa shape index (κ2) is 12.0. The van der Waals surface area contributed by atoms with E-state index < -0.39 is 0 Å². The van der Waals surface area contributed by atoms with Crippen molar-refractivity contribution >= 4 is 17.8 Å². The maximum Gasteiger partial charge on any atom is 0.225 e. The van der Waals surface area contributed by atoms with Crippen LogP contribution in [-0.2, 0) is 4.79 Å². The van der Waals surface area contributed by atoms with Crippen LogP contribution < -0.4 is 9.64 Å². The molecule has 2 aliphatic rings. The van der Waals surface area contributed by atoms with Crippen LogP contribution in [0.3, 0.4) is 0 Å². The first kappa shape index (κ1) is 25.0. The van der Waals surface area contributed by atoms with Crippen LogP contribution in [0, 0.1) is 5.92 Å². The molecule has 2 fully saturated rings. The van der Waals surface area contributed by atoms with Crippen LogP contribution in [0.1, 0.15) is 18.4 Å². The normalized spacial score (nSPS) is 17.3. The summed E-state index contributed by atoms with van der Waals surface area (Å²) in [5.74, 6) is 2.17. The molecule has 0 spiro atoms. The molecule has 5 rings (SSSR count). The van der Waals surface area contributed by atoms with Gasteiger partial charge < -0.3 is 14.5 Å². The van der Waals surface area contributed by atoms with E-state index in [1.54, 1.807) is 13.4 Å². The molecule has 0 unspecified atom stereocenters. The van der Waals surface area contributed by atoms with E-state index in [1.165, 1.54) is 5.56 Å². The van der Waals surface area contributed by atoms with Gasteiger partial charge in [0, 0.05) is 63.4 Å². The summed E-state index contributed by atoms with van der Waals surface area (Å²) < 4.78 is 5.26. The standard InChI is InChI=1S/C30H35N5O2/c1-37-27-11-9-25(10-12-27)28-22-29(32-23-31-28)34-16-13-26(14-17-34)30(36)35-20-18-33(19-21-35)15-5-8-24-6-3-2-4-7-24/h2-12,22-23,26H,13-21H2,1H3. The highest BCUT2D eigenvalue weighted by Gasteiger charge is 2.30. The first-order chi connectivity index (χ1) is 18.2. The second-order valence-corrected chi connectivity index (χ2v) is 9.69. The molecule has 1 aromatic heterocycles. The van der Waals surface area contributed by atoms with E-state index in [9.17, 15) is 4.79 Å². The van der Waals surface area contributed by atoms with Gasteiger partial charge in [0.05, 0.1) is 12.8 Å². The number of benzene rings is 2. The summed E-state index contributed by atoms with van der Waals surface area (Å²) in [6.45, 7) is 6.08. The van der Waals surface area contributed by atoms with Crippen LogP contribution in [0.2, 0.25) is 0 Å². The zero-order chi connectivity index (χ0) is 25.5. The quantitative estimate of drug-likeness (QED) is 0.487. The van der Waals surface area contributed by atoms with Gasteiger partial charge in [0.2, 0.25) is 5.91 Å². The molecule has 2 aliphatic heterocycles. The van der Waals surface area contributed by atoms with Crippen LogP contribution in [0.4, 0.5) is 5.82 Å². The number of methoxy groups -OCH3 is 1. The Balaban J connectivity index is 1.09. The highest BCUT2D eigenvalue weighted by Crippen LogP contribution is 2.27. The van der Waals surface area contributed by atoms with Crippen molar-refractivity contribution in [3.05, 3.63) is 78.6 Å². The average molecular weight is 498 g/mol. The molecule has 0 aliphatic carbocycles. The van der Waals surface area contributed by atoms with Crippen molar-refractivity contribution < 1.29 is 9.53 Å². The van der Waals surface area contributed by atoms with Crippen molar-refractivity contribution in [3.63, 3.8) is 0 Å². The molecule has 3 heterocycles. The zero-order valence-electron chi connectivity index (χ0n) is 21.5. The van der Waals surface area contributed by atoms with E-state index >= 15 is 0 Å². The van der Waals surface area contributed by atoms with Gasteiger partial charge in [-0.2, -0.15) is 0 Å². The summed E-state index contributed by atoms with van der Waals surface area (Å²) in [5, 5.41) is 0. The van der Waals surface area contributed by atoms with Gasteiger partial charge in [0.1, 0.15) is 17.9 Å². The van der Waals surface area contributed by atoms with Crippen LogP contribution >= 0.6 is 0 Å². The van der Waals surface area contributed by atoms with Gasteiger partial charge in [0.15, 0.2) is 0 Å². The van der Waals surface area contributed by atoms with Gasteiger partial charge in [-0.05, 0) is 42.7 Å². The van der Waals surface area contributed by atoms with E-state index in [4.69, 9.17) is 4.74 Å². The number of piperidine rings is 1. The summed E-state index contributed by atoms with van der Waals surface area (Å²) in [6.07, 6.45) is 7.74. The Kier molecular flexibility index (Phi) is 8.11. The minimum absolute atomic E-state index is 0.101. The third-order valence-corrected chi connectivity index (χ3v) is 7.36. The molecular formula is C30H35N5O2. The van der Waals surface area contributed by atoms with Gasteiger partial charge in [0.25, 0.3) is 0 Å². The van der Waals surface area contributed by atoms with E-state index in [1.807, 2.05) is 36.4 Å². The minimum Gasteiger partial charge on any atom is -0.497 e. The smallest absolute Gasteiger partial charge is 0.225 e. The Morgan fingerprint density at radius 3 is 2.38 bits per heavy atom. The third kappa shape index (κ3) is 6.35. The molecule has 0 bridgehead atoms. The number of carbonyl (C=O) groups excluding carboxylic acids is 1. The van der Waals surface area contributed by atoms with Crippen molar-refractivity contribution in [3.8, 4) is 17.0 Å². The van der Waals surface area contributed by atoms with E-state index in [-0.39, 0.29) is 5.92 Å². The number of piperazine rings is 1. The maximum atomic E-state index is 13.2. The number of hydrogen-bond acceptors (Lipinski definition) is 6. The summed E-state index contributed by atoms with van der Waals surface area (Å²) >= 11 is 0. The summed E-state index contributed by atoms with van der Waals surface area (Å²) in [4.78, 5) is 29.0. The molecule has 0 atom stereocenters. The molecule has 0 N–H and O–H groups in total. The molecule has 7 nitrogen and oxygen atoms in total. The Bertz CT molecular complexity index is 1180. The van der Waals surface area contributed by atoms with Crippen LogP contribution in [0.25, 0.3) is 17.3 Å². The highest BCUT2D eigenvalue weighted by atomic mass is 16.5. The largest absolute Gasteiger partial charge is 0.497 e. The number of anilines is 1. The number of nitrogens with zero attached hydrogens (tertiary/aromatic N) is 5. The van der Waals surface area contributed by atoms with E-state index in [0.29, 0.717) is 5.91 Å². The van der Waals surface area contributed by atoms with Crippen molar-refractivity contribution in [1.29, 1.82) is 0 Å². The van der Waals surface area contributed by atoms with Crippen LogP contribution in [0.15, 0.2) is 73.1 Å². The van der Waals surface area contributed by atoms with Crippen LogP contribution in [0.5, 0.6) is 5.75 Å². The van der Waals surface area contributed by atoms with Crippen molar-refractivity contribution in [2.45, 2.75) is 12.8 Å². The number of amides is 1. The predicted octanol–water partition coefficient (Wildman–Crippen LogP) is 4.23. The monoisotopic (exact) mass is 497 g/mol. The molecular weight excluding hydrogens is 462 g/mol. The number of rotatable bonds is 7. The van der Waals surface area contributed by atoms with E-state index in [0.717, 1.165) is 81.5 Å². The van der Waals surface area contributed by atoms with Crippen LogP contribution in [-0.4, -0.2) is 78.6 Å². The van der Waals surface area contributed by atoms with Crippen molar-refractivity contribution in [2.75, 3.05) is 57.8 Å². The first-order valence-corrected chi connectivity index (χ1v) is 13.1. The number of carbonyl (C=O) groups is 1. The number of aromatic nitrogens is 2. The lowest BCUT2D eigenvalue weighted by Crippen LogP contribution is -2.51. The number of hydrogen-bond donors (Lipinski definition) is 0. The summed E-state index contributed by atoms with van der Waals surface area (Å²) in [7, 11) is 1.66. The van der Waals surface area contributed by atoms with E-state index in [2.05, 4.69) is 61.1 Å². The lowest BCUT2D eigenvalue weighted by Gasteiger charge is -2.38. The van der Waals surface area contributed by atoms with Crippen molar-refractivity contribution in [2.24, 2.45) is 5.92 Å². The maximum absolute atomic E-state index is 13.2. The highest BCUT2D eigenvalue weighted by molar-refractivity contribution is 5.79. The fraction of sp³-hybridized carbons (Fsp3) is 0.367. The molecule has 3 aromatic rings. The first-order valence-electron chi connectivity index (χ1n) is 13.1. The van der Waals surface area contributed by atoms with Gasteiger partial charge in [-0.25, -0.2) is 9.97 Å². The summed E-state index contributed by atoms with van der Waals surface area (Å²) in [5.41, 5.74) is 3.15. The van der Waals surface area contributed by atoms with Gasteiger partial charge in [-0.15, -0.1) is 0 Å². The molecule has 37 heavy (non-hydrogen) atoms. The molecule has 0 saturated carbocycles. The Labute approximate surface area is 219 Å². The van der Waals surface area contributed by atoms with Gasteiger partial charge in [-0.3, -0.25) is 9.69 Å². The fourth-order valence-electron chi connectivity index (χ4n) is 5.11. The number of ether oxygens (including phenoxy) is 1. The average Bonchev–Trinajstić information content (AvgIpc) is 2.98. The van der Waals surface area contributed by atoms with Crippen molar-refractivity contribution in [1.82, 2.24) is 19.8 Å². The Hall–Kier alpha value is -3.71. The molecule has 0 radical (unpaired) electrons. The zero-order valence-corrected chi connectivity index (χ0v) is 21.5. The molecule has 7 heteroatoms. The lowest BCUT2D eigenvalue weighted by atomic mass is 9.95. The fourth-order valence-corrected chi connectivity index (χ4v) is 5.11. The SMILES string of the molecule is COc1ccc(-c2cc(N3CCC(C(=O)N4CCN(CC=Cc5ccccc5)CC4)CC3)ncn2)cc1. The van der Waals surface area contributed by atoms with Gasteiger partial charge >= 0.3 is 0 Å². The minimum atomic E-state index is 0.101. The Morgan fingerprint density at radius 1 is 0.946 bits per heavy atom. The van der Waals surface area contributed by atoms with Gasteiger partial charge in [-0.1, -0.05) is 42.5 Å². The Morgan fingerprint density at radius 2 is 1.68 bits per heavy atom. The molecule has 1 amide bonds.